The molecule has 2 N–H and O–H groups in total. The maximum Gasteiger partial charge on any atom is 0.258 e. The molecular weight excluding hydrogens is 530 g/mol. The van der Waals surface area contributed by atoms with Crippen LogP contribution in [0.5, 0.6) is 23.3 Å². The van der Waals surface area contributed by atoms with Gasteiger partial charge in [-0.1, -0.05) is 65.8 Å². The van der Waals surface area contributed by atoms with Crippen molar-refractivity contribution in [1.29, 1.82) is 0 Å². The average Bonchev–Trinajstić information content (AvgIpc) is 3.16. The van der Waals surface area contributed by atoms with E-state index >= 15 is 0 Å². The molecule has 1 aliphatic carbocycles. The smallest absolute Gasteiger partial charge is 0.258 e. The minimum absolute atomic E-state index is 0.0705. The van der Waals surface area contributed by atoms with Crippen molar-refractivity contribution < 1.29 is 24.1 Å². The van der Waals surface area contributed by atoms with Crippen molar-refractivity contribution in [2.75, 3.05) is 13.7 Å². The molecule has 2 aliphatic rings. The number of para-hydroxylation sites is 1. The largest absolute Gasteiger partial charge is 0.543 e. The fourth-order valence-electron chi connectivity index (χ4n) is 8.24. The van der Waals surface area contributed by atoms with Gasteiger partial charge in [-0.3, -0.25) is 4.57 Å². The van der Waals surface area contributed by atoms with Gasteiger partial charge < -0.3 is 24.1 Å². The van der Waals surface area contributed by atoms with Crippen LogP contribution in [0.4, 0.5) is 0 Å². The molecule has 0 unspecified atom stereocenters. The molecule has 0 saturated heterocycles. The first-order chi connectivity index (χ1) is 19.3. The molecule has 2 aromatic carbocycles. The Labute approximate surface area is 246 Å². The SMILES string of the molecule is COC[C@H]1C[C@H]2c3ccc(O[Si](C(C)C)(C(C)C)C(C)C)cc3OC(C)(C)[C@H]2c2c1c(O)n(-c1ccccc1)c2O. The summed E-state index contributed by atoms with van der Waals surface area (Å²) in [4.78, 5) is 0. The number of ether oxygens (including phenoxy) is 2. The van der Waals surface area contributed by atoms with Crippen LogP contribution in [0.25, 0.3) is 5.69 Å². The van der Waals surface area contributed by atoms with Gasteiger partial charge in [0.25, 0.3) is 8.32 Å². The van der Waals surface area contributed by atoms with Gasteiger partial charge >= 0.3 is 0 Å². The van der Waals surface area contributed by atoms with Crippen LogP contribution in [-0.4, -0.2) is 42.4 Å². The summed E-state index contributed by atoms with van der Waals surface area (Å²) in [5.41, 5.74) is 4.12. The molecule has 222 valence electrons. The molecule has 2 heterocycles. The summed E-state index contributed by atoms with van der Waals surface area (Å²) in [6.07, 6.45) is 0.778. The standard InChI is InChI=1S/C34H47NO5Si/c1-20(2)41(21(3)4,22(5)6)40-25-15-16-26-27-17-23(19-38-9)29-30(31(27)34(7,8)39-28(26)18-25)33(37)35(32(29)36)24-13-11-10-12-14-24/h10-16,18,20-23,27,31,36-37H,17,19H2,1-9H3/t23-,27+,31-/m1/s1. The van der Waals surface area contributed by atoms with Crippen molar-refractivity contribution in [3.8, 4) is 28.9 Å². The Kier molecular flexibility index (Phi) is 7.75. The van der Waals surface area contributed by atoms with Gasteiger partial charge in [-0.2, -0.15) is 0 Å². The lowest BCUT2D eigenvalue weighted by Gasteiger charge is -2.49. The topological polar surface area (TPSA) is 73.1 Å². The fraction of sp³-hybridized carbons (Fsp3) is 0.529. The summed E-state index contributed by atoms with van der Waals surface area (Å²) in [5, 5.41) is 23.3. The number of methoxy groups -OCH3 is 1. The number of hydrogen-bond donors (Lipinski definition) is 2. The van der Waals surface area contributed by atoms with Crippen LogP contribution in [0.2, 0.25) is 16.6 Å². The average molecular weight is 578 g/mol. The first kappa shape index (κ1) is 29.6. The van der Waals surface area contributed by atoms with E-state index in [1.54, 1.807) is 11.7 Å². The maximum absolute atomic E-state index is 11.7. The first-order valence-corrected chi connectivity index (χ1v) is 17.2. The van der Waals surface area contributed by atoms with Crippen LogP contribution in [0.3, 0.4) is 0 Å². The number of nitrogens with zero attached hydrogens (tertiary/aromatic N) is 1. The lowest BCUT2D eigenvalue weighted by Crippen LogP contribution is -2.50. The number of hydrogen-bond acceptors (Lipinski definition) is 5. The minimum atomic E-state index is -2.13. The zero-order chi connectivity index (χ0) is 29.9. The molecule has 0 fully saturated rings. The highest BCUT2D eigenvalue weighted by molar-refractivity contribution is 6.78. The molecule has 0 bridgehead atoms. The van der Waals surface area contributed by atoms with E-state index in [1.807, 2.05) is 30.3 Å². The maximum atomic E-state index is 11.7. The number of benzene rings is 2. The van der Waals surface area contributed by atoms with Gasteiger partial charge in [0.2, 0.25) is 11.8 Å². The third-order valence-corrected chi connectivity index (χ3v) is 15.7. The molecule has 3 atom stereocenters. The molecule has 0 amide bonds. The van der Waals surface area contributed by atoms with E-state index in [2.05, 4.69) is 73.6 Å². The zero-order valence-corrected chi connectivity index (χ0v) is 27.1. The van der Waals surface area contributed by atoms with Crippen molar-refractivity contribution in [2.45, 2.75) is 102 Å². The molecule has 6 nitrogen and oxygen atoms in total. The normalized spacial score (nSPS) is 21.4. The van der Waals surface area contributed by atoms with E-state index in [0.717, 1.165) is 40.3 Å². The number of fused-ring (bicyclic) bond motifs is 5. The summed E-state index contributed by atoms with van der Waals surface area (Å²) in [6, 6.07) is 15.9. The Hall–Kier alpha value is -2.90. The Morgan fingerprint density at radius 3 is 2.12 bits per heavy atom. The minimum Gasteiger partial charge on any atom is -0.543 e. The Morgan fingerprint density at radius 2 is 1.54 bits per heavy atom. The monoisotopic (exact) mass is 577 g/mol. The van der Waals surface area contributed by atoms with E-state index in [0.29, 0.717) is 23.2 Å². The molecule has 0 saturated carbocycles. The molecule has 7 heteroatoms. The lowest BCUT2D eigenvalue weighted by molar-refractivity contribution is 0.0347. The summed E-state index contributed by atoms with van der Waals surface area (Å²) in [6.45, 7) is 18.4. The van der Waals surface area contributed by atoms with Crippen molar-refractivity contribution in [3.63, 3.8) is 0 Å². The highest BCUT2D eigenvalue weighted by atomic mass is 28.4. The van der Waals surface area contributed by atoms with E-state index in [1.165, 1.54) is 0 Å². The van der Waals surface area contributed by atoms with Crippen LogP contribution >= 0.6 is 0 Å². The number of rotatable bonds is 8. The van der Waals surface area contributed by atoms with Crippen LogP contribution in [0.15, 0.2) is 48.5 Å². The van der Waals surface area contributed by atoms with Crippen LogP contribution in [-0.2, 0) is 4.74 Å². The van der Waals surface area contributed by atoms with Crippen molar-refractivity contribution in [1.82, 2.24) is 4.57 Å². The fourth-order valence-corrected chi connectivity index (χ4v) is 13.5. The predicted octanol–water partition coefficient (Wildman–Crippen LogP) is 8.61. The van der Waals surface area contributed by atoms with Crippen molar-refractivity contribution >= 4 is 8.32 Å². The molecule has 3 aromatic rings. The number of aromatic nitrogens is 1. The molecule has 1 aromatic heterocycles. The third-order valence-electron chi connectivity index (χ3n) is 9.75. The molecule has 0 radical (unpaired) electrons. The van der Waals surface area contributed by atoms with Gasteiger partial charge in [-0.15, -0.1) is 0 Å². The second kappa shape index (κ2) is 10.7. The zero-order valence-electron chi connectivity index (χ0n) is 26.1. The Balaban J connectivity index is 1.63. The highest BCUT2D eigenvalue weighted by Gasteiger charge is 2.53. The molecular formula is C34H47NO5Si. The van der Waals surface area contributed by atoms with Crippen LogP contribution < -0.4 is 9.16 Å². The molecule has 41 heavy (non-hydrogen) atoms. The van der Waals surface area contributed by atoms with Gasteiger partial charge in [0.1, 0.15) is 17.1 Å². The van der Waals surface area contributed by atoms with Gasteiger partial charge in [0.15, 0.2) is 0 Å². The van der Waals surface area contributed by atoms with Crippen molar-refractivity contribution in [3.05, 3.63) is 65.2 Å². The number of aromatic hydroxyl groups is 2. The molecule has 0 spiro atoms. The summed E-state index contributed by atoms with van der Waals surface area (Å²) in [5.74, 6) is 1.71. The van der Waals surface area contributed by atoms with Crippen LogP contribution in [0, 0.1) is 0 Å². The van der Waals surface area contributed by atoms with Crippen LogP contribution in [0.1, 0.15) is 96.3 Å². The van der Waals surface area contributed by atoms with E-state index in [4.69, 9.17) is 13.9 Å². The second-order valence-corrected chi connectivity index (χ2v) is 18.8. The van der Waals surface area contributed by atoms with E-state index in [9.17, 15) is 10.2 Å². The van der Waals surface area contributed by atoms with E-state index < -0.39 is 13.9 Å². The first-order valence-electron chi connectivity index (χ1n) is 15.1. The van der Waals surface area contributed by atoms with Crippen molar-refractivity contribution in [2.24, 2.45) is 0 Å². The molecule has 5 rings (SSSR count). The Bertz CT molecular complexity index is 1370. The summed E-state index contributed by atoms with van der Waals surface area (Å²) >= 11 is 0. The van der Waals surface area contributed by atoms with E-state index in [-0.39, 0.29) is 29.5 Å². The summed E-state index contributed by atoms with van der Waals surface area (Å²) in [7, 11) is -0.441. The van der Waals surface area contributed by atoms with Gasteiger partial charge in [0, 0.05) is 36.1 Å². The summed E-state index contributed by atoms with van der Waals surface area (Å²) < 4.78 is 21.0. The quantitative estimate of drug-likeness (QED) is 0.262. The molecule has 1 aliphatic heterocycles. The second-order valence-electron chi connectivity index (χ2n) is 13.4. The van der Waals surface area contributed by atoms with Gasteiger partial charge in [0.05, 0.1) is 12.3 Å². The highest BCUT2D eigenvalue weighted by Crippen LogP contribution is 2.62. The van der Waals surface area contributed by atoms with Gasteiger partial charge in [-0.05, 0) is 66.6 Å². The third kappa shape index (κ3) is 4.65. The predicted molar refractivity (Wildman–Crippen MR) is 167 cm³/mol. The lowest BCUT2D eigenvalue weighted by atomic mass is 9.62. The Morgan fingerprint density at radius 1 is 0.927 bits per heavy atom. The van der Waals surface area contributed by atoms with Gasteiger partial charge in [-0.25, -0.2) is 0 Å².